The molecule has 186 valence electrons. The molecule has 0 aliphatic rings. The second-order valence-electron chi connectivity index (χ2n) is 7.34. The molecule has 4 rings (SSSR count). The predicted octanol–water partition coefficient (Wildman–Crippen LogP) is 5.58. The number of nitrogens with zero attached hydrogens (tertiary/aromatic N) is 3. The Bertz CT molecular complexity index is 1600. The number of hydrogen-bond acceptors (Lipinski definition) is 6. The summed E-state index contributed by atoms with van der Waals surface area (Å²) >= 11 is 3.23. The Hall–Kier alpha value is -4.04. The minimum Gasteiger partial charge on any atom is -0.464 e. The lowest BCUT2D eigenvalue weighted by Crippen LogP contribution is -2.34. The summed E-state index contributed by atoms with van der Waals surface area (Å²) < 4.78 is 62.3. The first-order chi connectivity index (χ1) is 16.9. The quantitative estimate of drug-likeness (QED) is 0.311. The average Bonchev–Trinajstić information content (AvgIpc) is 3.14. The van der Waals surface area contributed by atoms with Crippen molar-refractivity contribution in [3.8, 4) is 11.5 Å². The number of aromatic nitrogens is 2. The van der Waals surface area contributed by atoms with E-state index in [1.54, 1.807) is 19.1 Å². The number of amides is 2. The molecule has 36 heavy (non-hydrogen) atoms. The number of benzene rings is 2. The number of imide groups is 1. The number of anilines is 1. The van der Waals surface area contributed by atoms with Crippen LogP contribution in [0.5, 0.6) is 11.5 Å². The fraction of sp³-hybridized carbons (Fsp3) is 0.0455. The third kappa shape index (κ3) is 4.35. The largest absolute Gasteiger partial charge is 0.464 e. The molecule has 14 heteroatoms. The molecule has 0 unspecified atom stereocenters. The highest BCUT2D eigenvalue weighted by atomic mass is 79.9. The second-order valence-corrected chi connectivity index (χ2v) is 10.0. The normalized spacial score (nSPS) is 11.4. The molecular formula is C22H14BrF2N3O7S. The first-order valence-electron chi connectivity index (χ1n) is 9.82. The Labute approximate surface area is 210 Å². The van der Waals surface area contributed by atoms with Crippen molar-refractivity contribution in [2.75, 3.05) is 4.90 Å². The van der Waals surface area contributed by atoms with E-state index in [1.807, 2.05) is 0 Å². The molecular weight excluding hydrogens is 568 g/mol. The number of rotatable bonds is 5. The Morgan fingerprint density at radius 1 is 1.06 bits per heavy atom. The Balaban J connectivity index is 1.80. The van der Waals surface area contributed by atoms with Gasteiger partial charge in [-0.05, 0) is 41.1 Å². The first-order valence-corrected chi connectivity index (χ1v) is 12.1. The minimum absolute atomic E-state index is 0.0142. The zero-order chi connectivity index (χ0) is 26.4. The van der Waals surface area contributed by atoms with Gasteiger partial charge in [0.1, 0.15) is 5.75 Å². The first kappa shape index (κ1) is 25.1. The Morgan fingerprint density at radius 3 is 2.19 bits per heavy atom. The van der Waals surface area contributed by atoms with E-state index in [2.05, 4.69) is 20.9 Å². The van der Waals surface area contributed by atoms with Gasteiger partial charge in [-0.2, -0.15) is 4.90 Å². The number of ether oxygens (including phenoxy) is 1. The summed E-state index contributed by atoms with van der Waals surface area (Å²) in [5.74, 6) is -3.94. The van der Waals surface area contributed by atoms with Crippen molar-refractivity contribution >= 4 is 54.9 Å². The van der Waals surface area contributed by atoms with Crippen LogP contribution in [0.4, 0.5) is 24.1 Å². The fourth-order valence-electron chi connectivity index (χ4n) is 3.33. The van der Waals surface area contributed by atoms with Crippen molar-refractivity contribution in [1.29, 1.82) is 0 Å². The maximum Gasteiger partial charge on any atom is 0.421 e. The summed E-state index contributed by atoms with van der Waals surface area (Å²) in [7, 11) is -4.10. The maximum atomic E-state index is 14.7. The summed E-state index contributed by atoms with van der Waals surface area (Å²) in [6.07, 6.45) is -1.55. The Kier molecular flexibility index (Phi) is 6.41. The molecule has 0 radical (unpaired) electrons. The van der Waals surface area contributed by atoms with E-state index in [4.69, 9.17) is 14.9 Å². The van der Waals surface area contributed by atoms with Crippen LogP contribution in [0.3, 0.4) is 0 Å². The van der Waals surface area contributed by atoms with Gasteiger partial charge in [-0.25, -0.2) is 35.7 Å². The van der Waals surface area contributed by atoms with E-state index in [0.29, 0.717) is 12.1 Å². The molecule has 0 atom stereocenters. The highest BCUT2D eigenvalue weighted by molar-refractivity contribution is 9.10. The van der Waals surface area contributed by atoms with Crippen LogP contribution < -0.4 is 9.64 Å². The van der Waals surface area contributed by atoms with Crippen molar-refractivity contribution < 1.29 is 41.7 Å². The van der Waals surface area contributed by atoms with E-state index in [-0.39, 0.29) is 31.1 Å². The maximum absolute atomic E-state index is 14.7. The van der Waals surface area contributed by atoms with E-state index in [1.165, 1.54) is 30.6 Å². The lowest BCUT2D eigenvalue weighted by atomic mass is 10.2. The number of halogens is 3. The zero-order valence-electron chi connectivity index (χ0n) is 18.0. The summed E-state index contributed by atoms with van der Waals surface area (Å²) in [6, 6.07) is 8.29. The van der Waals surface area contributed by atoms with Gasteiger partial charge in [0.2, 0.25) is 0 Å². The number of fused-ring (bicyclic) bond motifs is 1. The van der Waals surface area contributed by atoms with Gasteiger partial charge in [-0.15, -0.1) is 0 Å². The molecule has 2 amide bonds. The standard InChI is InChI=1S/C22H14BrF2N3O7S/c1-11-2-4-13(5-3-11)36(33,34)27-10-14(23)18-17(6-7-26-20(18)27)35-19-15(24)8-12(9-16(19)25)28(21(29)30)22(31)32/h2-10H,1H3,(H,29,30)(H,31,32). The highest BCUT2D eigenvalue weighted by Crippen LogP contribution is 2.39. The third-order valence-corrected chi connectivity index (χ3v) is 7.25. The fourth-order valence-corrected chi connectivity index (χ4v) is 5.36. The SMILES string of the molecule is Cc1ccc(S(=O)(=O)n2cc(Br)c3c(Oc4c(F)cc(N(C(=O)O)C(=O)O)cc4F)ccnc32)cc1. The van der Waals surface area contributed by atoms with Gasteiger partial charge in [-0.3, -0.25) is 0 Å². The number of hydrogen-bond donors (Lipinski definition) is 2. The summed E-state index contributed by atoms with van der Waals surface area (Å²) in [5.41, 5.74) is -0.0414. The summed E-state index contributed by atoms with van der Waals surface area (Å²) in [6.45, 7) is 1.80. The molecule has 2 N–H and O–H groups in total. The van der Waals surface area contributed by atoms with Gasteiger partial charge >= 0.3 is 12.2 Å². The van der Waals surface area contributed by atoms with Crippen LogP contribution in [0.1, 0.15) is 5.56 Å². The van der Waals surface area contributed by atoms with Gasteiger partial charge in [0.15, 0.2) is 23.0 Å². The summed E-state index contributed by atoms with van der Waals surface area (Å²) in [4.78, 5) is 26.1. The molecule has 0 fully saturated rings. The molecule has 10 nitrogen and oxygen atoms in total. The van der Waals surface area contributed by atoms with Crippen molar-refractivity contribution in [2.24, 2.45) is 0 Å². The van der Waals surface area contributed by atoms with Gasteiger partial charge in [0.25, 0.3) is 10.0 Å². The molecule has 0 spiro atoms. The van der Waals surface area contributed by atoms with Crippen LogP contribution >= 0.6 is 15.9 Å². The van der Waals surface area contributed by atoms with Crippen molar-refractivity contribution in [3.05, 3.63) is 76.5 Å². The van der Waals surface area contributed by atoms with Crippen molar-refractivity contribution in [3.63, 3.8) is 0 Å². The summed E-state index contributed by atoms with van der Waals surface area (Å²) in [5, 5.41) is 18.1. The van der Waals surface area contributed by atoms with Crippen molar-refractivity contribution in [2.45, 2.75) is 11.8 Å². The lowest BCUT2D eigenvalue weighted by Gasteiger charge is -2.15. The van der Waals surface area contributed by atoms with Gasteiger partial charge in [0, 0.05) is 29.0 Å². The number of pyridine rings is 1. The van der Waals surface area contributed by atoms with Crippen LogP contribution in [0, 0.1) is 18.6 Å². The Morgan fingerprint density at radius 2 is 1.64 bits per heavy atom. The molecule has 0 aliphatic carbocycles. The van der Waals surface area contributed by atoms with Crippen LogP contribution in [0.15, 0.2) is 64.2 Å². The number of aryl methyl sites for hydroxylation is 1. The predicted molar refractivity (Wildman–Crippen MR) is 126 cm³/mol. The van der Waals surface area contributed by atoms with Gasteiger partial charge < -0.3 is 14.9 Å². The van der Waals surface area contributed by atoms with E-state index in [9.17, 15) is 26.8 Å². The van der Waals surface area contributed by atoms with Crippen LogP contribution in [0.25, 0.3) is 11.0 Å². The molecule has 2 aromatic heterocycles. The molecule has 2 heterocycles. The topological polar surface area (TPSA) is 139 Å². The van der Waals surface area contributed by atoms with E-state index >= 15 is 0 Å². The number of carbonyl (C=O) groups is 2. The van der Waals surface area contributed by atoms with Crippen LogP contribution in [-0.2, 0) is 10.0 Å². The molecule has 2 aromatic carbocycles. The van der Waals surface area contributed by atoms with Crippen LogP contribution in [0.2, 0.25) is 0 Å². The van der Waals surface area contributed by atoms with E-state index in [0.717, 1.165) is 9.54 Å². The molecule has 4 aromatic rings. The zero-order valence-corrected chi connectivity index (χ0v) is 20.4. The third-order valence-electron chi connectivity index (χ3n) is 4.98. The van der Waals surface area contributed by atoms with E-state index < -0.39 is 45.3 Å². The minimum atomic E-state index is -4.10. The highest BCUT2D eigenvalue weighted by Gasteiger charge is 2.27. The molecule has 0 saturated carbocycles. The monoisotopic (exact) mass is 581 g/mol. The average molecular weight is 582 g/mol. The van der Waals surface area contributed by atoms with Crippen molar-refractivity contribution in [1.82, 2.24) is 8.96 Å². The number of carboxylic acid groups (broad SMARTS) is 2. The van der Waals surface area contributed by atoms with Crippen LogP contribution in [-0.4, -0.2) is 39.8 Å². The lowest BCUT2D eigenvalue weighted by molar-refractivity contribution is 0.184. The smallest absolute Gasteiger partial charge is 0.421 e. The molecule has 0 aliphatic heterocycles. The second kappa shape index (κ2) is 9.20. The molecule has 0 bridgehead atoms. The van der Waals surface area contributed by atoms with Gasteiger partial charge in [0.05, 0.1) is 16.0 Å². The van der Waals surface area contributed by atoms with Gasteiger partial charge in [-0.1, -0.05) is 17.7 Å². The molecule has 0 saturated heterocycles.